The van der Waals surface area contributed by atoms with Gasteiger partial charge in [-0.2, -0.15) is 0 Å². The summed E-state index contributed by atoms with van der Waals surface area (Å²) in [6.07, 6.45) is -0.558. The summed E-state index contributed by atoms with van der Waals surface area (Å²) in [5.74, 6) is -0.208. The van der Waals surface area contributed by atoms with Crippen molar-refractivity contribution in [1.29, 1.82) is 0 Å². The Labute approximate surface area is 125 Å². The van der Waals surface area contributed by atoms with Crippen LogP contribution in [0.5, 0.6) is 0 Å². The fourth-order valence-corrected chi connectivity index (χ4v) is 1.61. The molecule has 0 saturated heterocycles. The van der Waals surface area contributed by atoms with Gasteiger partial charge in [0.05, 0.1) is 26.4 Å². The Kier molecular flexibility index (Phi) is 7.74. The molecule has 3 N–H and O–H groups in total. The second-order valence-corrected chi connectivity index (χ2v) is 4.68. The Morgan fingerprint density at radius 1 is 1.29 bits per heavy atom. The monoisotopic (exact) mass is 296 g/mol. The van der Waals surface area contributed by atoms with E-state index in [1.807, 2.05) is 13.0 Å². The molecule has 1 aromatic rings. The van der Waals surface area contributed by atoms with Gasteiger partial charge in [-0.15, -0.1) is 0 Å². The molecule has 0 saturated carbocycles. The van der Waals surface area contributed by atoms with Crippen molar-refractivity contribution in [2.75, 3.05) is 44.6 Å². The number of nitrogens with two attached hydrogens (primary N) is 1. The van der Waals surface area contributed by atoms with E-state index >= 15 is 0 Å². The first-order valence-electron chi connectivity index (χ1n) is 6.90. The zero-order valence-corrected chi connectivity index (χ0v) is 12.8. The molecule has 0 aromatic heterocycles. The number of amides is 1. The van der Waals surface area contributed by atoms with Gasteiger partial charge in [-0.1, -0.05) is 6.07 Å². The van der Waals surface area contributed by atoms with Crippen molar-refractivity contribution in [3.05, 3.63) is 23.8 Å². The molecule has 118 valence electrons. The van der Waals surface area contributed by atoms with E-state index in [0.717, 1.165) is 5.56 Å². The maximum Gasteiger partial charge on any atom is 0.253 e. The summed E-state index contributed by atoms with van der Waals surface area (Å²) < 4.78 is 15.5. The van der Waals surface area contributed by atoms with E-state index in [-0.39, 0.29) is 5.91 Å². The van der Waals surface area contributed by atoms with Crippen LogP contribution < -0.4 is 11.1 Å². The van der Waals surface area contributed by atoms with Crippen molar-refractivity contribution in [2.45, 2.75) is 20.0 Å². The fourth-order valence-electron chi connectivity index (χ4n) is 1.61. The zero-order chi connectivity index (χ0) is 15.7. The van der Waals surface area contributed by atoms with Crippen LogP contribution in [0.25, 0.3) is 0 Å². The summed E-state index contributed by atoms with van der Waals surface area (Å²) in [5.41, 5.74) is 7.97. The number of benzene rings is 1. The van der Waals surface area contributed by atoms with E-state index in [4.69, 9.17) is 19.9 Å². The molecule has 0 radical (unpaired) electrons. The SMILES string of the molecule is COCCOCCOC(C)C(=O)Nc1cc(N)ccc1C. The summed E-state index contributed by atoms with van der Waals surface area (Å²) in [7, 11) is 1.62. The lowest BCUT2D eigenvalue weighted by Gasteiger charge is -2.15. The van der Waals surface area contributed by atoms with Gasteiger partial charge in [-0.05, 0) is 31.5 Å². The lowest BCUT2D eigenvalue weighted by molar-refractivity contribution is -0.127. The molecule has 0 bridgehead atoms. The Morgan fingerprint density at radius 2 is 2.00 bits per heavy atom. The lowest BCUT2D eigenvalue weighted by atomic mass is 10.2. The van der Waals surface area contributed by atoms with Crippen LogP contribution in [0.15, 0.2) is 18.2 Å². The predicted octanol–water partition coefficient (Wildman–Crippen LogP) is 1.58. The number of hydrogen-bond acceptors (Lipinski definition) is 5. The molecule has 6 nitrogen and oxygen atoms in total. The quantitative estimate of drug-likeness (QED) is 0.534. The number of carbonyl (C=O) groups is 1. The molecule has 0 aliphatic heterocycles. The molecular formula is C15H24N2O4. The van der Waals surface area contributed by atoms with Gasteiger partial charge in [0, 0.05) is 18.5 Å². The third-order valence-electron chi connectivity index (χ3n) is 2.92. The molecule has 21 heavy (non-hydrogen) atoms. The standard InChI is InChI=1S/C15H24N2O4/c1-11-4-5-13(16)10-14(11)17-15(18)12(2)21-9-8-20-7-6-19-3/h4-5,10,12H,6-9,16H2,1-3H3,(H,17,18). The van der Waals surface area contributed by atoms with Crippen LogP contribution in [0.1, 0.15) is 12.5 Å². The molecular weight excluding hydrogens is 272 g/mol. The third-order valence-corrected chi connectivity index (χ3v) is 2.92. The summed E-state index contributed by atoms with van der Waals surface area (Å²) in [5, 5.41) is 2.81. The Hall–Kier alpha value is -1.63. The van der Waals surface area contributed by atoms with Gasteiger partial charge in [0.1, 0.15) is 6.10 Å². The van der Waals surface area contributed by atoms with Crippen LogP contribution in [-0.2, 0) is 19.0 Å². The van der Waals surface area contributed by atoms with Gasteiger partial charge >= 0.3 is 0 Å². The normalized spacial score (nSPS) is 12.1. The summed E-state index contributed by atoms with van der Waals surface area (Å²) in [6.45, 7) is 5.45. The van der Waals surface area contributed by atoms with Crippen LogP contribution in [0.2, 0.25) is 0 Å². The minimum atomic E-state index is -0.558. The van der Waals surface area contributed by atoms with Gasteiger partial charge in [0.15, 0.2) is 0 Å². The van der Waals surface area contributed by atoms with E-state index in [0.29, 0.717) is 37.8 Å². The highest BCUT2D eigenvalue weighted by Gasteiger charge is 2.14. The van der Waals surface area contributed by atoms with Crippen LogP contribution in [-0.4, -0.2) is 45.5 Å². The summed E-state index contributed by atoms with van der Waals surface area (Å²) in [6, 6.07) is 5.39. The number of rotatable bonds is 9. The molecule has 1 unspecified atom stereocenters. The van der Waals surface area contributed by atoms with E-state index in [2.05, 4.69) is 5.32 Å². The maximum absolute atomic E-state index is 12.0. The van der Waals surface area contributed by atoms with Gasteiger partial charge in [0.25, 0.3) is 5.91 Å². The highest BCUT2D eigenvalue weighted by atomic mass is 16.5. The first-order chi connectivity index (χ1) is 10.0. The largest absolute Gasteiger partial charge is 0.399 e. The second kappa shape index (κ2) is 9.33. The zero-order valence-electron chi connectivity index (χ0n) is 12.8. The van der Waals surface area contributed by atoms with E-state index in [1.165, 1.54) is 0 Å². The van der Waals surface area contributed by atoms with Gasteiger partial charge in [0.2, 0.25) is 0 Å². The van der Waals surface area contributed by atoms with E-state index in [9.17, 15) is 4.79 Å². The summed E-state index contributed by atoms with van der Waals surface area (Å²) >= 11 is 0. The average molecular weight is 296 g/mol. The van der Waals surface area contributed by atoms with Crippen molar-refractivity contribution < 1.29 is 19.0 Å². The van der Waals surface area contributed by atoms with Gasteiger partial charge < -0.3 is 25.3 Å². The summed E-state index contributed by atoms with van der Waals surface area (Å²) in [4.78, 5) is 12.0. The van der Waals surface area contributed by atoms with Gasteiger partial charge in [-0.3, -0.25) is 4.79 Å². The van der Waals surface area contributed by atoms with Crippen molar-refractivity contribution in [3.63, 3.8) is 0 Å². The molecule has 1 atom stereocenters. The number of methoxy groups -OCH3 is 1. The highest BCUT2D eigenvalue weighted by Crippen LogP contribution is 2.18. The molecule has 0 heterocycles. The number of anilines is 2. The number of ether oxygens (including phenoxy) is 3. The lowest BCUT2D eigenvalue weighted by Crippen LogP contribution is -2.29. The molecule has 0 fully saturated rings. The Balaban J connectivity index is 2.32. The van der Waals surface area contributed by atoms with Crippen molar-refractivity contribution in [1.82, 2.24) is 0 Å². The van der Waals surface area contributed by atoms with Gasteiger partial charge in [-0.25, -0.2) is 0 Å². The van der Waals surface area contributed by atoms with Crippen molar-refractivity contribution >= 4 is 17.3 Å². The Morgan fingerprint density at radius 3 is 2.71 bits per heavy atom. The van der Waals surface area contributed by atoms with E-state index < -0.39 is 6.10 Å². The number of carbonyl (C=O) groups excluding carboxylic acids is 1. The first-order valence-corrected chi connectivity index (χ1v) is 6.90. The van der Waals surface area contributed by atoms with E-state index in [1.54, 1.807) is 26.2 Å². The predicted molar refractivity (Wildman–Crippen MR) is 82.3 cm³/mol. The number of nitrogens with one attached hydrogen (secondary N) is 1. The number of hydrogen-bond donors (Lipinski definition) is 2. The van der Waals surface area contributed by atoms with Crippen LogP contribution in [0.3, 0.4) is 0 Å². The molecule has 1 rings (SSSR count). The minimum Gasteiger partial charge on any atom is -0.399 e. The van der Waals surface area contributed by atoms with Crippen LogP contribution in [0.4, 0.5) is 11.4 Å². The highest BCUT2D eigenvalue weighted by molar-refractivity contribution is 5.95. The third kappa shape index (κ3) is 6.57. The van der Waals surface area contributed by atoms with Crippen LogP contribution >= 0.6 is 0 Å². The molecule has 6 heteroatoms. The number of aryl methyl sites for hydroxylation is 1. The number of nitrogen functional groups attached to an aromatic ring is 1. The molecule has 0 aliphatic carbocycles. The Bertz CT molecular complexity index is 451. The van der Waals surface area contributed by atoms with Crippen molar-refractivity contribution in [2.24, 2.45) is 0 Å². The molecule has 1 amide bonds. The maximum atomic E-state index is 12.0. The topological polar surface area (TPSA) is 82.8 Å². The fraction of sp³-hybridized carbons (Fsp3) is 0.533. The molecule has 0 spiro atoms. The second-order valence-electron chi connectivity index (χ2n) is 4.68. The van der Waals surface area contributed by atoms with Crippen molar-refractivity contribution in [3.8, 4) is 0 Å². The molecule has 1 aromatic carbocycles. The van der Waals surface area contributed by atoms with Crippen LogP contribution in [0, 0.1) is 6.92 Å². The smallest absolute Gasteiger partial charge is 0.253 e. The molecule has 0 aliphatic rings. The average Bonchev–Trinajstić information content (AvgIpc) is 2.46. The minimum absolute atomic E-state index is 0.208. The first kappa shape index (κ1) is 17.4.